The summed E-state index contributed by atoms with van der Waals surface area (Å²) in [6.07, 6.45) is 0.636. The fraction of sp³-hybridized carbons (Fsp3) is 0.300. The van der Waals surface area contributed by atoms with Gasteiger partial charge in [0.25, 0.3) is 0 Å². The van der Waals surface area contributed by atoms with Crippen molar-refractivity contribution in [2.75, 3.05) is 0 Å². The maximum absolute atomic E-state index is 13.2. The zero-order valence-corrected chi connectivity index (χ0v) is 9.07. The number of halogens is 2. The fourth-order valence-electron chi connectivity index (χ4n) is 1.09. The van der Waals surface area contributed by atoms with E-state index in [1.165, 1.54) is 12.1 Å². The van der Waals surface area contributed by atoms with Crippen LogP contribution in [0.4, 0.5) is 8.78 Å². The van der Waals surface area contributed by atoms with Crippen molar-refractivity contribution in [3.63, 3.8) is 0 Å². The molecule has 0 bridgehead atoms. The highest BCUT2D eigenvalue weighted by atomic mass is 32.2. The van der Waals surface area contributed by atoms with Gasteiger partial charge in [-0.1, -0.05) is 6.92 Å². The minimum atomic E-state index is -0.611. The lowest BCUT2D eigenvalue weighted by Crippen LogP contribution is -2.24. The molecule has 1 aromatic carbocycles. The number of amidine groups is 1. The number of rotatable bonds is 4. The van der Waals surface area contributed by atoms with Crippen LogP contribution in [0, 0.1) is 17.0 Å². The smallest absolute Gasteiger partial charge is 0.139 e. The average molecular weight is 230 g/mol. The van der Waals surface area contributed by atoms with Crippen molar-refractivity contribution in [2.24, 2.45) is 5.73 Å². The Morgan fingerprint density at radius 3 is 2.67 bits per heavy atom. The quantitative estimate of drug-likeness (QED) is 0.474. The number of hydrogen-bond acceptors (Lipinski definition) is 2. The third-order valence-electron chi connectivity index (χ3n) is 1.88. The summed E-state index contributed by atoms with van der Waals surface area (Å²) >= 11 is 1.14. The van der Waals surface area contributed by atoms with Crippen LogP contribution in [0.25, 0.3) is 0 Å². The molecule has 0 saturated carbocycles. The van der Waals surface area contributed by atoms with Crippen LogP contribution in [0.5, 0.6) is 0 Å². The van der Waals surface area contributed by atoms with E-state index in [9.17, 15) is 8.78 Å². The Bertz CT molecular complexity index is 368. The topological polar surface area (TPSA) is 49.9 Å². The highest BCUT2D eigenvalue weighted by molar-refractivity contribution is 8.00. The molecule has 1 unspecified atom stereocenters. The molecular formula is C10H12F2N2S. The van der Waals surface area contributed by atoms with Crippen LogP contribution in [0.3, 0.4) is 0 Å². The van der Waals surface area contributed by atoms with Gasteiger partial charge in [0.2, 0.25) is 0 Å². The Hall–Kier alpha value is -1.10. The van der Waals surface area contributed by atoms with Crippen LogP contribution in [0.2, 0.25) is 0 Å². The van der Waals surface area contributed by atoms with Gasteiger partial charge in [0.15, 0.2) is 0 Å². The molecule has 1 rings (SSSR count). The molecular weight excluding hydrogens is 218 g/mol. The average Bonchev–Trinajstić information content (AvgIpc) is 2.16. The number of nitrogens with one attached hydrogen (secondary N) is 1. The Kier molecular flexibility index (Phi) is 4.08. The van der Waals surface area contributed by atoms with Crippen LogP contribution in [-0.2, 0) is 0 Å². The molecule has 1 aromatic rings. The van der Waals surface area contributed by atoms with E-state index in [1.807, 2.05) is 6.92 Å². The lowest BCUT2D eigenvalue weighted by molar-refractivity contribution is 0.565. The van der Waals surface area contributed by atoms with Gasteiger partial charge in [0.1, 0.15) is 17.5 Å². The first-order chi connectivity index (χ1) is 7.04. The molecule has 0 fully saturated rings. The summed E-state index contributed by atoms with van der Waals surface area (Å²) in [7, 11) is 0. The Morgan fingerprint density at radius 2 is 2.20 bits per heavy atom. The summed E-state index contributed by atoms with van der Waals surface area (Å²) in [5.74, 6) is -1.21. The minimum absolute atomic E-state index is 0.00576. The van der Waals surface area contributed by atoms with Gasteiger partial charge in [-0.25, -0.2) is 8.78 Å². The first-order valence-electron chi connectivity index (χ1n) is 4.50. The van der Waals surface area contributed by atoms with E-state index in [2.05, 4.69) is 0 Å². The molecule has 0 amide bonds. The van der Waals surface area contributed by atoms with Gasteiger partial charge in [0, 0.05) is 11.0 Å². The van der Waals surface area contributed by atoms with Gasteiger partial charge in [-0.2, -0.15) is 0 Å². The van der Waals surface area contributed by atoms with Crippen molar-refractivity contribution < 1.29 is 8.78 Å². The molecule has 1 atom stereocenters. The van der Waals surface area contributed by atoms with Gasteiger partial charge < -0.3 is 5.73 Å². The van der Waals surface area contributed by atoms with Gasteiger partial charge in [-0.05, 0) is 18.6 Å². The van der Waals surface area contributed by atoms with Crippen molar-refractivity contribution in [1.82, 2.24) is 0 Å². The van der Waals surface area contributed by atoms with Gasteiger partial charge >= 0.3 is 0 Å². The molecule has 0 saturated heterocycles. The molecule has 0 aliphatic heterocycles. The van der Waals surface area contributed by atoms with E-state index >= 15 is 0 Å². The molecule has 2 nitrogen and oxygen atoms in total. The van der Waals surface area contributed by atoms with E-state index in [0.717, 1.165) is 17.8 Å². The molecule has 0 aromatic heterocycles. The van der Waals surface area contributed by atoms with E-state index in [1.54, 1.807) is 0 Å². The first kappa shape index (κ1) is 12.0. The molecule has 82 valence electrons. The number of hydrogen-bond donors (Lipinski definition) is 2. The second-order valence-corrected chi connectivity index (χ2v) is 4.29. The van der Waals surface area contributed by atoms with Crippen molar-refractivity contribution in [3.05, 3.63) is 29.8 Å². The van der Waals surface area contributed by atoms with Crippen LogP contribution >= 0.6 is 11.8 Å². The van der Waals surface area contributed by atoms with Crippen LogP contribution in [0.15, 0.2) is 23.1 Å². The molecule has 0 aliphatic rings. The molecule has 5 heteroatoms. The summed E-state index contributed by atoms with van der Waals surface area (Å²) in [4.78, 5) is 0.318. The summed E-state index contributed by atoms with van der Waals surface area (Å²) < 4.78 is 25.8. The van der Waals surface area contributed by atoms with E-state index in [-0.39, 0.29) is 11.1 Å². The lowest BCUT2D eigenvalue weighted by Gasteiger charge is -2.12. The van der Waals surface area contributed by atoms with Crippen LogP contribution < -0.4 is 5.73 Å². The maximum atomic E-state index is 13.2. The summed E-state index contributed by atoms with van der Waals surface area (Å²) in [6, 6.07) is 3.38. The van der Waals surface area contributed by atoms with Crippen molar-refractivity contribution in [3.8, 4) is 0 Å². The molecule has 15 heavy (non-hydrogen) atoms. The number of nitrogens with two attached hydrogens (primary N) is 1. The third kappa shape index (κ3) is 3.20. The maximum Gasteiger partial charge on any atom is 0.139 e. The zero-order chi connectivity index (χ0) is 11.4. The molecule has 3 N–H and O–H groups in total. The fourth-order valence-corrected chi connectivity index (χ4v) is 2.01. The van der Waals surface area contributed by atoms with Crippen LogP contribution in [-0.4, -0.2) is 11.1 Å². The van der Waals surface area contributed by atoms with E-state index in [4.69, 9.17) is 11.1 Å². The van der Waals surface area contributed by atoms with Crippen molar-refractivity contribution >= 4 is 17.6 Å². The predicted octanol–water partition coefficient (Wildman–Crippen LogP) is 2.77. The van der Waals surface area contributed by atoms with Crippen LogP contribution in [0.1, 0.15) is 13.3 Å². The second kappa shape index (κ2) is 5.11. The number of thioether (sulfide) groups is 1. The lowest BCUT2D eigenvalue weighted by atomic mass is 10.3. The van der Waals surface area contributed by atoms with E-state index in [0.29, 0.717) is 11.3 Å². The van der Waals surface area contributed by atoms with Crippen molar-refractivity contribution in [1.29, 1.82) is 5.41 Å². The van der Waals surface area contributed by atoms with E-state index < -0.39 is 11.6 Å². The van der Waals surface area contributed by atoms with Gasteiger partial charge in [-0.15, -0.1) is 11.8 Å². The second-order valence-electron chi connectivity index (χ2n) is 3.04. The minimum Gasteiger partial charge on any atom is -0.387 e. The summed E-state index contributed by atoms with van der Waals surface area (Å²) in [5.41, 5.74) is 5.34. The monoisotopic (exact) mass is 230 g/mol. The summed E-state index contributed by atoms with van der Waals surface area (Å²) in [6.45, 7) is 1.86. The van der Waals surface area contributed by atoms with Crippen molar-refractivity contribution in [2.45, 2.75) is 23.5 Å². The van der Waals surface area contributed by atoms with Gasteiger partial charge in [-0.3, -0.25) is 5.41 Å². The van der Waals surface area contributed by atoms with Gasteiger partial charge in [0.05, 0.1) is 5.25 Å². The number of benzene rings is 1. The molecule has 0 radical (unpaired) electrons. The Labute approximate surface area is 91.4 Å². The molecule has 0 spiro atoms. The Morgan fingerprint density at radius 1 is 1.53 bits per heavy atom. The standard InChI is InChI=1S/C10H12F2N2S/c1-2-8(10(13)14)15-9-4-3-6(11)5-7(9)12/h3-5,8H,2H2,1H3,(H3,13,14). The normalized spacial score (nSPS) is 12.5. The molecule has 0 aliphatic carbocycles. The third-order valence-corrected chi connectivity index (χ3v) is 3.34. The SMILES string of the molecule is CCC(Sc1ccc(F)cc1F)C(=N)N. The largest absolute Gasteiger partial charge is 0.387 e. The highest BCUT2D eigenvalue weighted by Gasteiger charge is 2.14. The Balaban J connectivity index is 2.84. The first-order valence-corrected chi connectivity index (χ1v) is 5.38. The molecule has 0 heterocycles. The summed E-state index contributed by atoms with van der Waals surface area (Å²) in [5, 5.41) is 7.01. The highest BCUT2D eigenvalue weighted by Crippen LogP contribution is 2.28. The predicted molar refractivity (Wildman–Crippen MR) is 58.2 cm³/mol. The zero-order valence-electron chi connectivity index (χ0n) is 8.26.